The molecule has 2 N–H and O–H groups in total. The standard InChI is InChI=1S/C11H17N3O3/c1-7-5-9(15)14-8(13-7)6-12-10(16)17-11(2,3)4/h5H,6H2,1-4H3,(H,12,16)(H,13,14,15). The first-order chi connectivity index (χ1) is 7.76. The number of ether oxygens (including phenoxy) is 1. The third-order valence-corrected chi connectivity index (χ3v) is 1.72. The van der Waals surface area contributed by atoms with Crippen LogP contribution in [-0.4, -0.2) is 21.7 Å². The van der Waals surface area contributed by atoms with Gasteiger partial charge in [0, 0.05) is 11.8 Å². The molecule has 1 aromatic rings. The molecule has 0 unspecified atom stereocenters. The van der Waals surface area contributed by atoms with Crippen molar-refractivity contribution in [1.82, 2.24) is 15.3 Å². The van der Waals surface area contributed by atoms with Gasteiger partial charge in [0.05, 0.1) is 6.54 Å². The Morgan fingerprint density at radius 1 is 1.53 bits per heavy atom. The molecule has 94 valence electrons. The maximum Gasteiger partial charge on any atom is 0.408 e. The fourth-order valence-corrected chi connectivity index (χ4v) is 1.19. The van der Waals surface area contributed by atoms with E-state index < -0.39 is 11.7 Å². The topological polar surface area (TPSA) is 84.1 Å². The van der Waals surface area contributed by atoms with Crippen LogP contribution in [0.1, 0.15) is 32.3 Å². The zero-order chi connectivity index (χ0) is 13.1. The second-order valence-corrected chi connectivity index (χ2v) is 4.69. The van der Waals surface area contributed by atoms with E-state index in [1.807, 2.05) is 0 Å². The first kappa shape index (κ1) is 13.2. The first-order valence-corrected chi connectivity index (χ1v) is 5.30. The van der Waals surface area contributed by atoms with Crippen molar-refractivity contribution in [1.29, 1.82) is 0 Å². The summed E-state index contributed by atoms with van der Waals surface area (Å²) >= 11 is 0. The summed E-state index contributed by atoms with van der Waals surface area (Å²) in [7, 11) is 0. The van der Waals surface area contributed by atoms with Crippen LogP contribution in [0.5, 0.6) is 0 Å². The van der Waals surface area contributed by atoms with Crippen molar-refractivity contribution in [3.63, 3.8) is 0 Å². The number of nitrogens with zero attached hydrogens (tertiary/aromatic N) is 1. The number of carbonyl (C=O) groups excluding carboxylic acids is 1. The largest absolute Gasteiger partial charge is 0.444 e. The summed E-state index contributed by atoms with van der Waals surface area (Å²) < 4.78 is 5.05. The van der Waals surface area contributed by atoms with Crippen molar-refractivity contribution in [2.75, 3.05) is 0 Å². The summed E-state index contributed by atoms with van der Waals surface area (Å²) in [6, 6.07) is 1.39. The van der Waals surface area contributed by atoms with Gasteiger partial charge >= 0.3 is 6.09 Å². The normalized spacial score (nSPS) is 11.1. The fourth-order valence-electron chi connectivity index (χ4n) is 1.19. The molecule has 1 amide bonds. The van der Waals surface area contributed by atoms with Crippen molar-refractivity contribution in [2.24, 2.45) is 0 Å². The lowest BCUT2D eigenvalue weighted by Gasteiger charge is -2.19. The summed E-state index contributed by atoms with van der Waals surface area (Å²) in [6.07, 6.45) is -0.540. The number of hydrogen-bond acceptors (Lipinski definition) is 4. The highest BCUT2D eigenvalue weighted by molar-refractivity contribution is 5.67. The molecule has 1 aromatic heterocycles. The molecule has 0 saturated heterocycles. The average Bonchev–Trinajstić information content (AvgIpc) is 2.10. The number of aromatic amines is 1. The SMILES string of the molecule is Cc1cc(=O)[nH]c(CNC(=O)OC(C)(C)C)n1. The summed E-state index contributed by atoms with van der Waals surface area (Å²) in [4.78, 5) is 29.1. The van der Waals surface area contributed by atoms with Gasteiger partial charge in [0.2, 0.25) is 0 Å². The summed E-state index contributed by atoms with van der Waals surface area (Å²) in [5.74, 6) is 0.404. The number of carbonyl (C=O) groups is 1. The van der Waals surface area contributed by atoms with Crippen LogP contribution in [0, 0.1) is 6.92 Å². The monoisotopic (exact) mass is 239 g/mol. The number of amides is 1. The number of hydrogen-bond donors (Lipinski definition) is 2. The molecule has 0 atom stereocenters. The predicted molar refractivity (Wildman–Crippen MR) is 62.7 cm³/mol. The lowest BCUT2D eigenvalue weighted by Crippen LogP contribution is -2.33. The second-order valence-electron chi connectivity index (χ2n) is 4.69. The van der Waals surface area contributed by atoms with Gasteiger partial charge in [-0.1, -0.05) is 0 Å². The van der Waals surface area contributed by atoms with Crippen LogP contribution in [0.15, 0.2) is 10.9 Å². The number of H-pyrrole nitrogens is 1. The van der Waals surface area contributed by atoms with E-state index in [4.69, 9.17) is 4.74 Å². The van der Waals surface area contributed by atoms with Crippen LogP contribution >= 0.6 is 0 Å². The van der Waals surface area contributed by atoms with Gasteiger partial charge in [0.25, 0.3) is 5.56 Å². The highest BCUT2D eigenvalue weighted by Crippen LogP contribution is 2.06. The Morgan fingerprint density at radius 2 is 2.18 bits per heavy atom. The molecule has 1 heterocycles. The minimum Gasteiger partial charge on any atom is -0.444 e. The Balaban J connectivity index is 2.56. The van der Waals surface area contributed by atoms with Crippen LogP contribution in [0.4, 0.5) is 4.79 Å². The van der Waals surface area contributed by atoms with Gasteiger partial charge in [0.15, 0.2) is 0 Å². The zero-order valence-electron chi connectivity index (χ0n) is 10.5. The van der Waals surface area contributed by atoms with Gasteiger partial charge in [-0.25, -0.2) is 9.78 Å². The molecule has 0 saturated carbocycles. The molecule has 0 fully saturated rings. The maximum atomic E-state index is 11.3. The number of rotatable bonds is 2. The van der Waals surface area contributed by atoms with Gasteiger partial charge < -0.3 is 15.0 Å². The zero-order valence-corrected chi connectivity index (χ0v) is 10.5. The van der Waals surface area contributed by atoms with E-state index in [0.717, 1.165) is 0 Å². The van der Waals surface area contributed by atoms with Crippen LogP contribution < -0.4 is 10.9 Å². The molecule has 0 spiro atoms. The van der Waals surface area contributed by atoms with E-state index in [1.54, 1.807) is 27.7 Å². The molecule has 0 aromatic carbocycles. The number of alkyl carbamates (subject to hydrolysis) is 1. The Morgan fingerprint density at radius 3 is 2.71 bits per heavy atom. The highest BCUT2D eigenvalue weighted by Gasteiger charge is 2.15. The van der Waals surface area contributed by atoms with Crippen molar-refractivity contribution in [3.05, 3.63) is 27.9 Å². The van der Waals surface area contributed by atoms with Crippen LogP contribution in [-0.2, 0) is 11.3 Å². The van der Waals surface area contributed by atoms with E-state index in [0.29, 0.717) is 11.5 Å². The van der Waals surface area contributed by atoms with Crippen LogP contribution in [0.3, 0.4) is 0 Å². The molecule has 0 radical (unpaired) electrons. The molecular weight excluding hydrogens is 222 g/mol. The van der Waals surface area contributed by atoms with E-state index in [1.165, 1.54) is 6.07 Å². The van der Waals surface area contributed by atoms with Gasteiger partial charge in [-0.05, 0) is 27.7 Å². The fraction of sp³-hybridized carbons (Fsp3) is 0.545. The van der Waals surface area contributed by atoms with Crippen LogP contribution in [0.2, 0.25) is 0 Å². The molecular formula is C11H17N3O3. The Labute approximate surface area is 99.4 Å². The van der Waals surface area contributed by atoms with E-state index in [9.17, 15) is 9.59 Å². The second kappa shape index (κ2) is 4.99. The molecule has 1 rings (SSSR count). The van der Waals surface area contributed by atoms with Crippen molar-refractivity contribution in [2.45, 2.75) is 39.8 Å². The van der Waals surface area contributed by atoms with E-state index >= 15 is 0 Å². The lowest BCUT2D eigenvalue weighted by atomic mass is 10.2. The van der Waals surface area contributed by atoms with Crippen LogP contribution in [0.25, 0.3) is 0 Å². The third-order valence-electron chi connectivity index (χ3n) is 1.72. The van der Waals surface area contributed by atoms with Gasteiger partial charge in [-0.15, -0.1) is 0 Å². The highest BCUT2D eigenvalue weighted by atomic mass is 16.6. The molecule has 17 heavy (non-hydrogen) atoms. The van der Waals surface area contributed by atoms with Gasteiger partial charge in [-0.3, -0.25) is 4.79 Å². The van der Waals surface area contributed by atoms with E-state index in [2.05, 4.69) is 15.3 Å². The minimum atomic E-state index is -0.544. The van der Waals surface area contributed by atoms with Gasteiger partial charge in [-0.2, -0.15) is 0 Å². The molecule has 0 bridgehead atoms. The Bertz CT molecular complexity index is 460. The molecule has 6 heteroatoms. The minimum absolute atomic E-state index is 0.131. The first-order valence-electron chi connectivity index (χ1n) is 5.30. The summed E-state index contributed by atoms with van der Waals surface area (Å²) in [5, 5.41) is 2.52. The Kier molecular flexibility index (Phi) is 3.88. The molecule has 0 aliphatic rings. The van der Waals surface area contributed by atoms with E-state index in [-0.39, 0.29) is 12.1 Å². The number of nitrogens with one attached hydrogen (secondary N) is 2. The molecule has 6 nitrogen and oxygen atoms in total. The number of aryl methyl sites for hydroxylation is 1. The van der Waals surface area contributed by atoms with Crippen molar-refractivity contribution < 1.29 is 9.53 Å². The predicted octanol–water partition coefficient (Wildman–Crippen LogP) is 1.10. The average molecular weight is 239 g/mol. The summed E-state index contributed by atoms with van der Waals surface area (Å²) in [5.41, 5.74) is -0.175. The number of aromatic nitrogens is 2. The van der Waals surface area contributed by atoms with Gasteiger partial charge in [0.1, 0.15) is 11.4 Å². The van der Waals surface area contributed by atoms with Crippen molar-refractivity contribution >= 4 is 6.09 Å². The molecule has 0 aliphatic carbocycles. The quantitative estimate of drug-likeness (QED) is 0.809. The van der Waals surface area contributed by atoms with Crippen molar-refractivity contribution in [3.8, 4) is 0 Å². The summed E-state index contributed by atoms with van der Waals surface area (Å²) in [6.45, 7) is 7.18. The maximum absolute atomic E-state index is 11.3. The Hall–Kier alpha value is -1.85. The molecule has 0 aliphatic heterocycles. The third kappa shape index (κ3) is 5.14. The lowest BCUT2D eigenvalue weighted by molar-refractivity contribution is 0.0522. The smallest absolute Gasteiger partial charge is 0.408 e.